The molecule has 0 bridgehead atoms. The topological polar surface area (TPSA) is 82.1 Å². The summed E-state index contributed by atoms with van der Waals surface area (Å²) < 4.78 is 16.2. The Morgan fingerprint density at radius 3 is 2.00 bits per heavy atom. The molecule has 0 saturated heterocycles. The third-order valence-electron chi connectivity index (χ3n) is 3.88. The Balaban J connectivity index is 2.90. The summed E-state index contributed by atoms with van der Waals surface area (Å²) in [6.45, 7) is 12.6. The molecule has 0 saturated carbocycles. The summed E-state index contributed by atoms with van der Waals surface area (Å²) in [4.78, 5) is 39.0. The number of hydrogen-bond donors (Lipinski definition) is 0. The number of carbonyl (C=O) groups excluding carboxylic acids is 3. The lowest BCUT2D eigenvalue weighted by Gasteiger charge is -2.31. The molecule has 1 amide bonds. The number of nitrogens with zero attached hydrogens (tertiary/aromatic N) is 1. The first-order valence-corrected chi connectivity index (χ1v) is 10.2. The molecule has 1 aromatic rings. The van der Waals surface area contributed by atoms with E-state index in [0.29, 0.717) is 0 Å². The van der Waals surface area contributed by atoms with Gasteiger partial charge >= 0.3 is 18.0 Å². The standard InChI is InChI=1S/C23H35NO6/c1-8-24(21(27)28-16-17-12-10-9-11-13-17)18(20(26)30-23(5,6)7)14-15-19(25)29-22(2,3)4/h9-13,18H,8,14-16H2,1-7H3/t18-/m0/s1. The number of benzene rings is 1. The Bertz CT molecular complexity index is 703. The fraction of sp³-hybridized carbons (Fsp3) is 0.609. The van der Waals surface area contributed by atoms with E-state index in [0.717, 1.165) is 5.56 Å². The van der Waals surface area contributed by atoms with Crippen molar-refractivity contribution >= 4 is 18.0 Å². The minimum atomic E-state index is -0.954. The molecule has 1 rings (SSSR count). The molecular formula is C23H35NO6. The molecular weight excluding hydrogens is 386 g/mol. The van der Waals surface area contributed by atoms with Gasteiger partial charge in [-0.2, -0.15) is 0 Å². The largest absolute Gasteiger partial charge is 0.460 e. The number of amides is 1. The van der Waals surface area contributed by atoms with Crippen molar-refractivity contribution in [3.05, 3.63) is 35.9 Å². The van der Waals surface area contributed by atoms with Crippen molar-refractivity contribution in [1.29, 1.82) is 0 Å². The fourth-order valence-corrected chi connectivity index (χ4v) is 2.70. The summed E-state index contributed by atoms with van der Waals surface area (Å²) in [7, 11) is 0. The zero-order chi connectivity index (χ0) is 22.9. The van der Waals surface area contributed by atoms with Gasteiger partial charge < -0.3 is 14.2 Å². The van der Waals surface area contributed by atoms with Crippen molar-refractivity contribution in [3.63, 3.8) is 0 Å². The van der Waals surface area contributed by atoms with Crippen molar-refractivity contribution in [2.45, 2.75) is 85.2 Å². The molecule has 7 heteroatoms. The van der Waals surface area contributed by atoms with Crippen molar-refractivity contribution in [2.24, 2.45) is 0 Å². The molecule has 0 spiro atoms. The van der Waals surface area contributed by atoms with Gasteiger partial charge in [0.1, 0.15) is 23.9 Å². The van der Waals surface area contributed by atoms with Crippen LogP contribution in [-0.2, 0) is 30.4 Å². The maximum Gasteiger partial charge on any atom is 0.410 e. The minimum absolute atomic E-state index is 0.0242. The van der Waals surface area contributed by atoms with Crippen molar-refractivity contribution < 1.29 is 28.6 Å². The van der Waals surface area contributed by atoms with E-state index >= 15 is 0 Å². The maximum atomic E-state index is 12.8. The van der Waals surface area contributed by atoms with Crippen LogP contribution in [0.2, 0.25) is 0 Å². The molecule has 0 unspecified atom stereocenters. The number of rotatable bonds is 8. The number of esters is 2. The van der Waals surface area contributed by atoms with Crippen molar-refractivity contribution in [1.82, 2.24) is 4.90 Å². The highest BCUT2D eigenvalue weighted by atomic mass is 16.6. The molecule has 0 aliphatic carbocycles. The molecule has 168 valence electrons. The average molecular weight is 422 g/mol. The van der Waals surface area contributed by atoms with E-state index in [9.17, 15) is 14.4 Å². The zero-order valence-electron chi connectivity index (χ0n) is 19.2. The number of hydrogen-bond acceptors (Lipinski definition) is 6. The summed E-state index contributed by atoms with van der Waals surface area (Å²) in [5.41, 5.74) is -0.518. The third-order valence-corrected chi connectivity index (χ3v) is 3.88. The summed E-state index contributed by atoms with van der Waals surface area (Å²) in [5.74, 6) is -1.02. The second-order valence-corrected chi connectivity index (χ2v) is 9.00. The summed E-state index contributed by atoms with van der Waals surface area (Å²) in [5, 5.41) is 0. The van der Waals surface area contributed by atoms with E-state index in [4.69, 9.17) is 14.2 Å². The molecule has 0 N–H and O–H groups in total. The van der Waals surface area contributed by atoms with Crippen molar-refractivity contribution in [3.8, 4) is 0 Å². The number of carbonyl (C=O) groups is 3. The number of ether oxygens (including phenoxy) is 3. The van der Waals surface area contributed by atoms with Gasteiger partial charge in [0.2, 0.25) is 0 Å². The van der Waals surface area contributed by atoms with Crippen LogP contribution in [0.1, 0.15) is 66.9 Å². The van der Waals surface area contributed by atoms with Gasteiger partial charge in [0.05, 0.1) is 0 Å². The van der Waals surface area contributed by atoms with Gasteiger partial charge in [0, 0.05) is 13.0 Å². The highest BCUT2D eigenvalue weighted by Gasteiger charge is 2.34. The first kappa shape index (κ1) is 25.5. The second-order valence-electron chi connectivity index (χ2n) is 9.00. The van der Waals surface area contributed by atoms with E-state index < -0.39 is 35.3 Å². The zero-order valence-corrected chi connectivity index (χ0v) is 19.2. The molecule has 1 atom stereocenters. The quantitative estimate of drug-likeness (QED) is 0.455. The predicted octanol–water partition coefficient (Wildman–Crippen LogP) is 4.48. The van der Waals surface area contributed by atoms with Crippen LogP contribution in [0.5, 0.6) is 0 Å². The molecule has 0 aliphatic rings. The van der Waals surface area contributed by atoms with Crippen LogP contribution in [0.4, 0.5) is 4.79 Å². The number of likely N-dealkylation sites (N-methyl/N-ethyl adjacent to an activating group) is 1. The molecule has 0 radical (unpaired) electrons. The predicted molar refractivity (Wildman–Crippen MR) is 114 cm³/mol. The van der Waals surface area contributed by atoms with Crippen LogP contribution in [-0.4, -0.2) is 46.7 Å². The third kappa shape index (κ3) is 9.76. The van der Waals surface area contributed by atoms with Crippen molar-refractivity contribution in [2.75, 3.05) is 6.54 Å². The van der Waals surface area contributed by atoms with E-state index in [1.165, 1.54) is 4.90 Å². The van der Waals surface area contributed by atoms with Gasteiger partial charge in [-0.15, -0.1) is 0 Å². The molecule has 0 heterocycles. The van der Waals surface area contributed by atoms with Crippen LogP contribution in [0, 0.1) is 0 Å². The molecule has 7 nitrogen and oxygen atoms in total. The van der Waals surface area contributed by atoms with E-state index in [1.54, 1.807) is 48.5 Å². The summed E-state index contributed by atoms with van der Waals surface area (Å²) in [6.07, 6.45) is -0.580. The lowest BCUT2D eigenvalue weighted by Crippen LogP contribution is -2.48. The first-order chi connectivity index (χ1) is 13.8. The van der Waals surface area contributed by atoms with Gasteiger partial charge in [-0.1, -0.05) is 30.3 Å². The van der Waals surface area contributed by atoms with E-state index in [2.05, 4.69) is 0 Å². The van der Waals surface area contributed by atoms with Crippen LogP contribution >= 0.6 is 0 Å². The van der Waals surface area contributed by atoms with Gasteiger partial charge in [-0.25, -0.2) is 9.59 Å². The highest BCUT2D eigenvalue weighted by molar-refractivity contribution is 5.82. The normalized spacial score (nSPS) is 12.6. The van der Waals surface area contributed by atoms with Crippen LogP contribution in [0.25, 0.3) is 0 Å². The lowest BCUT2D eigenvalue weighted by molar-refractivity contribution is -0.162. The average Bonchev–Trinajstić information content (AvgIpc) is 2.61. The lowest BCUT2D eigenvalue weighted by atomic mass is 10.1. The van der Waals surface area contributed by atoms with Crippen LogP contribution < -0.4 is 0 Å². The molecule has 0 aliphatic heterocycles. The molecule has 0 fully saturated rings. The van der Waals surface area contributed by atoms with Gasteiger partial charge in [0.15, 0.2) is 0 Å². The monoisotopic (exact) mass is 421 g/mol. The first-order valence-electron chi connectivity index (χ1n) is 10.2. The maximum absolute atomic E-state index is 12.8. The fourth-order valence-electron chi connectivity index (χ4n) is 2.70. The molecule has 0 aromatic heterocycles. The van der Waals surface area contributed by atoms with Crippen LogP contribution in [0.15, 0.2) is 30.3 Å². The summed E-state index contributed by atoms with van der Waals surface area (Å²) >= 11 is 0. The molecule has 30 heavy (non-hydrogen) atoms. The smallest absolute Gasteiger partial charge is 0.410 e. The Morgan fingerprint density at radius 1 is 0.933 bits per heavy atom. The second kappa shape index (κ2) is 11.0. The summed E-state index contributed by atoms with van der Waals surface area (Å²) in [6, 6.07) is 8.31. The Morgan fingerprint density at radius 2 is 1.50 bits per heavy atom. The van der Waals surface area contributed by atoms with E-state index in [-0.39, 0.29) is 26.0 Å². The SMILES string of the molecule is CCN(C(=O)OCc1ccccc1)[C@@H](CCC(=O)OC(C)(C)C)C(=O)OC(C)(C)C. The van der Waals surface area contributed by atoms with Gasteiger partial charge in [-0.05, 0) is 60.5 Å². The van der Waals surface area contributed by atoms with Gasteiger partial charge in [0.25, 0.3) is 0 Å². The van der Waals surface area contributed by atoms with E-state index in [1.807, 2.05) is 30.3 Å². The molecule has 1 aromatic carbocycles. The Labute approximate surface area is 179 Å². The van der Waals surface area contributed by atoms with Crippen LogP contribution in [0.3, 0.4) is 0 Å². The minimum Gasteiger partial charge on any atom is -0.460 e. The van der Waals surface area contributed by atoms with Gasteiger partial charge in [-0.3, -0.25) is 9.69 Å². The highest BCUT2D eigenvalue weighted by Crippen LogP contribution is 2.18. The Kier molecular flexibility index (Phi) is 9.33. The Hall–Kier alpha value is -2.57.